The molecule has 0 spiro atoms. The number of para-hydroxylation sites is 2. The zero-order valence-electron chi connectivity index (χ0n) is 22.5. The predicted octanol–water partition coefficient (Wildman–Crippen LogP) is 6.04. The molecule has 5 rings (SSSR count). The molecular formula is C34H36O6. The Labute approximate surface area is 236 Å². The normalized spacial score (nSPS) is 22.5. The van der Waals surface area contributed by atoms with Gasteiger partial charge in [-0.1, -0.05) is 97.1 Å². The SMILES string of the molecule is OC1O[C@H](CCOc2ccccc2)[C@H](COc2ccccc2)[C@H](OCc2ccccc2)[C@H]1OCc1ccccc1. The summed E-state index contributed by atoms with van der Waals surface area (Å²) < 4.78 is 31.3. The molecule has 1 fully saturated rings. The van der Waals surface area contributed by atoms with E-state index in [1.165, 1.54) is 0 Å². The lowest BCUT2D eigenvalue weighted by molar-refractivity contribution is -0.295. The molecule has 1 aliphatic rings. The Kier molecular flexibility index (Phi) is 10.2. The molecule has 1 aliphatic heterocycles. The monoisotopic (exact) mass is 540 g/mol. The molecule has 0 radical (unpaired) electrons. The molecule has 1 saturated heterocycles. The van der Waals surface area contributed by atoms with Gasteiger partial charge in [-0.15, -0.1) is 0 Å². The van der Waals surface area contributed by atoms with Crippen molar-refractivity contribution >= 4 is 0 Å². The van der Waals surface area contributed by atoms with E-state index in [0.29, 0.717) is 32.8 Å². The van der Waals surface area contributed by atoms with Gasteiger partial charge in [-0.3, -0.25) is 0 Å². The van der Waals surface area contributed by atoms with Gasteiger partial charge in [-0.2, -0.15) is 0 Å². The molecule has 5 atom stereocenters. The van der Waals surface area contributed by atoms with E-state index in [4.69, 9.17) is 23.7 Å². The van der Waals surface area contributed by atoms with E-state index in [1.54, 1.807) is 0 Å². The van der Waals surface area contributed by atoms with Crippen LogP contribution in [0.1, 0.15) is 17.5 Å². The average Bonchev–Trinajstić information content (AvgIpc) is 3.01. The Morgan fingerprint density at radius 2 is 1.05 bits per heavy atom. The Hall–Kier alpha value is -3.68. The molecular weight excluding hydrogens is 504 g/mol. The van der Waals surface area contributed by atoms with Crippen LogP contribution in [0, 0.1) is 5.92 Å². The highest BCUT2D eigenvalue weighted by molar-refractivity contribution is 5.22. The number of hydrogen-bond acceptors (Lipinski definition) is 6. The maximum atomic E-state index is 11.2. The second kappa shape index (κ2) is 14.6. The zero-order valence-corrected chi connectivity index (χ0v) is 22.5. The van der Waals surface area contributed by atoms with Crippen LogP contribution in [0.5, 0.6) is 11.5 Å². The summed E-state index contributed by atoms with van der Waals surface area (Å²) in [5.74, 6) is 1.32. The van der Waals surface area contributed by atoms with E-state index in [1.807, 2.05) is 121 Å². The van der Waals surface area contributed by atoms with Gasteiger partial charge in [0.05, 0.1) is 38.6 Å². The van der Waals surface area contributed by atoms with Gasteiger partial charge in [-0.25, -0.2) is 0 Å². The van der Waals surface area contributed by atoms with Crippen molar-refractivity contribution in [1.82, 2.24) is 0 Å². The largest absolute Gasteiger partial charge is 0.493 e. The first-order valence-corrected chi connectivity index (χ1v) is 13.8. The minimum atomic E-state index is -1.17. The molecule has 0 aromatic heterocycles. The molecule has 4 aromatic rings. The lowest BCUT2D eigenvalue weighted by Crippen LogP contribution is -2.58. The first-order chi connectivity index (χ1) is 19.8. The molecule has 0 amide bonds. The molecule has 6 nitrogen and oxygen atoms in total. The number of aliphatic hydroxyl groups is 1. The van der Waals surface area contributed by atoms with Crippen LogP contribution in [0.15, 0.2) is 121 Å². The summed E-state index contributed by atoms with van der Waals surface area (Å²) in [7, 11) is 0. The molecule has 40 heavy (non-hydrogen) atoms. The molecule has 1 unspecified atom stereocenters. The van der Waals surface area contributed by atoms with Crippen LogP contribution >= 0.6 is 0 Å². The zero-order chi connectivity index (χ0) is 27.4. The van der Waals surface area contributed by atoms with Gasteiger partial charge in [0, 0.05) is 12.3 Å². The Balaban J connectivity index is 1.36. The number of rotatable bonds is 13. The third-order valence-corrected chi connectivity index (χ3v) is 6.99. The number of aliphatic hydroxyl groups excluding tert-OH is 1. The minimum absolute atomic E-state index is 0.229. The molecule has 0 bridgehead atoms. The molecule has 1 heterocycles. The second-order valence-corrected chi connectivity index (χ2v) is 9.83. The summed E-state index contributed by atoms with van der Waals surface area (Å²) in [5, 5.41) is 11.2. The first-order valence-electron chi connectivity index (χ1n) is 13.8. The maximum Gasteiger partial charge on any atom is 0.184 e. The van der Waals surface area contributed by atoms with E-state index in [9.17, 15) is 5.11 Å². The quantitative estimate of drug-likeness (QED) is 0.223. The van der Waals surface area contributed by atoms with Crippen molar-refractivity contribution in [2.45, 2.75) is 44.2 Å². The highest BCUT2D eigenvalue weighted by atomic mass is 16.7. The fourth-order valence-electron chi connectivity index (χ4n) is 4.91. The van der Waals surface area contributed by atoms with Crippen LogP contribution in [-0.2, 0) is 27.4 Å². The molecule has 0 aliphatic carbocycles. The van der Waals surface area contributed by atoms with Crippen LogP contribution in [0.3, 0.4) is 0 Å². The molecule has 4 aromatic carbocycles. The predicted molar refractivity (Wildman–Crippen MR) is 153 cm³/mol. The van der Waals surface area contributed by atoms with Gasteiger partial charge in [0.1, 0.15) is 17.6 Å². The smallest absolute Gasteiger partial charge is 0.184 e. The van der Waals surface area contributed by atoms with Gasteiger partial charge in [0.25, 0.3) is 0 Å². The van der Waals surface area contributed by atoms with Crippen LogP contribution < -0.4 is 9.47 Å². The fourth-order valence-corrected chi connectivity index (χ4v) is 4.91. The fraction of sp³-hybridized carbons (Fsp3) is 0.294. The summed E-state index contributed by atoms with van der Waals surface area (Å²) in [4.78, 5) is 0. The number of hydrogen-bond donors (Lipinski definition) is 1. The highest BCUT2D eigenvalue weighted by Gasteiger charge is 2.47. The van der Waals surface area contributed by atoms with E-state index >= 15 is 0 Å². The lowest BCUT2D eigenvalue weighted by atomic mass is 9.87. The number of benzene rings is 4. The maximum absolute atomic E-state index is 11.2. The topological polar surface area (TPSA) is 66.4 Å². The molecule has 6 heteroatoms. The van der Waals surface area contributed by atoms with Crippen molar-refractivity contribution in [3.8, 4) is 11.5 Å². The minimum Gasteiger partial charge on any atom is -0.493 e. The Bertz CT molecular complexity index is 1240. The van der Waals surface area contributed by atoms with E-state index in [0.717, 1.165) is 22.6 Å². The Morgan fingerprint density at radius 1 is 0.575 bits per heavy atom. The average molecular weight is 541 g/mol. The van der Waals surface area contributed by atoms with Crippen LogP contribution in [0.4, 0.5) is 0 Å². The highest BCUT2D eigenvalue weighted by Crippen LogP contribution is 2.33. The molecule has 1 N–H and O–H groups in total. The van der Waals surface area contributed by atoms with Gasteiger partial charge in [-0.05, 0) is 35.4 Å². The van der Waals surface area contributed by atoms with Gasteiger partial charge < -0.3 is 28.8 Å². The Morgan fingerprint density at radius 3 is 1.60 bits per heavy atom. The van der Waals surface area contributed by atoms with Crippen molar-refractivity contribution in [2.75, 3.05) is 13.2 Å². The number of ether oxygens (including phenoxy) is 5. The van der Waals surface area contributed by atoms with Gasteiger partial charge >= 0.3 is 0 Å². The van der Waals surface area contributed by atoms with Crippen molar-refractivity contribution < 1.29 is 28.8 Å². The van der Waals surface area contributed by atoms with Crippen molar-refractivity contribution in [1.29, 1.82) is 0 Å². The third-order valence-electron chi connectivity index (χ3n) is 6.99. The standard InChI is InChI=1S/C34H36O6/c35-34-33(39-24-27-15-7-2-8-16-27)32(38-23-26-13-5-1-6-14-26)30(25-37-29-19-11-4-12-20-29)31(40-34)21-22-36-28-17-9-3-10-18-28/h1-20,30-35H,21-25H2/t30-,31+,32-,33+,34?/m0/s1. The van der Waals surface area contributed by atoms with Gasteiger partial charge in [0.2, 0.25) is 0 Å². The van der Waals surface area contributed by atoms with Crippen LogP contribution in [-0.4, -0.2) is 42.9 Å². The van der Waals surface area contributed by atoms with E-state index < -0.39 is 18.5 Å². The van der Waals surface area contributed by atoms with Crippen LogP contribution in [0.2, 0.25) is 0 Å². The summed E-state index contributed by atoms with van der Waals surface area (Å²) in [6.07, 6.45) is -2.19. The van der Waals surface area contributed by atoms with Crippen molar-refractivity contribution in [3.05, 3.63) is 132 Å². The van der Waals surface area contributed by atoms with Gasteiger partial charge in [0.15, 0.2) is 6.29 Å². The summed E-state index contributed by atoms with van der Waals surface area (Å²) in [6, 6.07) is 39.3. The van der Waals surface area contributed by atoms with E-state index in [-0.39, 0.29) is 12.0 Å². The molecule has 208 valence electrons. The van der Waals surface area contributed by atoms with Crippen molar-refractivity contribution in [2.24, 2.45) is 5.92 Å². The van der Waals surface area contributed by atoms with Crippen molar-refractivity contribution in [3.63, 3.8) is 0 Å². The summed E-state index contributed by atoms with van der Waals surface area (Å²) >= 11 is 0. The second-order valence-electron chi connectivity index (χ2n) is 9.83. The van der Waals surface area contributed by atoms with Crippen LogP contribution in [0.25, 0.3) is 0 Å². The molecule has 0 saturated carbocycles. The summed E-state index contributed by atoms with van der Waals surface area (Å²) in [5.41, 5.74) is 2.05. The van der Waals surface area contributed by atoms with E-state index in [2.05, 4.69) is 0 Å². The lowest BCUT2D eigenvalue weighted by Gasteiger charge is -2.44. The first kappa shape index (κ1) is 27.9. The summed E-state index contributed by atoms with van der Waals surface area (Å²) in [6.45, 7) is 1.45. The third kappa shape index (κ3) is 7.93.